The van der Waals surface area contributed by atoms with Crippen LogP contribution in [0.2, 0.25) is 0 Å². The van der Waals surface area contributed by atoms with Crippen molar-refractivity contribution in [2.45, 2.75) is 20.8 Å². The highest BCUT2D eigenvalue weighted by Crippen LogP contribution is 1.99. The summed E-state index contributed by atoms with van der Waals surface area (Å²) in [7, 11) is 4.17. The Morgan fingerprint density at radius 2 is 1.87 bits per heavy atom. The second-order valence-electron chi connectivity index (χ2n) is 4.48. The third-order valence-corrected chi connectivity index (χ3v) is 2.42. The Labute approximate surface area is 99.8 Å². The fourth-order valence-electron chi connectivity index (χ4n) is 1.30. The summed E-state index contributed by atoms with van der Waals surface area (Å²) in [6.07, 6.45) is 0. The van der Waals surface area contributed by atoms with Crippen LogP contribution in [0.1, 0.15) is 20.8 Å². The number of likely N-dealkylation sites (N-methyl/N-ethyl adjacent to an activating group) is 1. The second-order valence-corrected chi connectivity index (χ2v) is 4.87. The Balaban J connectivity index is 4.11. The molecule has 0 bridgehead atoms. The van der Waals surface area contributed by atoms with Crippen LogP contribution in [0, 0.1) is 5.92 Å². The van der Waals surface area contributed by atoms with Crippen molar-refractivity contribution < 1.29 is 0 Å². The first-order chi connectivity index (χ1) is 6.97. The molecule has 0 aromatic rings. The second kappa shape index (κ2) is 7.88. The van der Waals surface area contributed by atoms with Crippen molar-refractivity contribution in [3.8, 4) is 0 Å². The fraction of sp³-hybridized carbons (Fsp3) is 0.909. The molecule has 0 saturated carbocycles. The summed E-state index contributed by atoms with van der Waals surface area (Å²) in [6.45, 7) is 10.5. The highest BCUT2D eigenvalue weighted by atomic mass is 32.1. The molecule has 0 unspecified atom stereocenters. The van der Waals surface area contributed by atoms with E-state index in [9.17, 15) is 0 Å². The van der Waals surface area contributed by atoms with E-state index in [1.165, 1.54) is 0 Å². The van der Waals surface area contributed by atoms with E-state index in [0.717, 1.165) is 31.3 Å². The van der Waals surface area contributed by atoms with Crippen molar-refractivity contribution in [1.29, 1.82) is 0 Å². The molecule has 1 N–H and O–H groups in total. The maximum absolute atomic E-state index is 5.34. The van der Waals surface area contributed by atoms with Gasteiger partial charge in [0.15, 0.2) is 5.11 Å². The normalized spacial score (nSPS) is 10.9. The zero-order valence-corrected chi connectivity index (χ0v) is 11.5. The fourth-order valence-corrected chi connectivity index (χ4v) is 1.61. The van der Waals surface area contributed by atoms with Crippen LogP contribution in [0.4, 0.5) is 0 Å². The van der Waals surface area contributed by atoms with Crippen LogP contribution in [-0.4, -0.2) is 55.2 Å². The van der Waals surface area contributed by atoms with Crippen molar-refractivity contribution in [3.05, 3.63) is 0 Å². The van der Waals surface area contributed by atoms with Gasteiger partial charge in [-0.15, -0.1) is 0 Å². The first-order valence-corrected chi connectivity index (χ1v) is 6.05. The molecule has 0 aliphatic carbocycles. The number of rotatable bonds is 6. The highest BCUT2D eigenvalue weighted by Gasteiger charge is 2.10. The minimum atomic E-state index is 0.642. The third kappa shape index (κ3) is 7.56. The first kappa shape index (κ1) is 14.6. The van der Waals surface area contributed by atoms with Gasteiger partial charge in [-0.3, -0.25) is 0 Å². The van der Waals surface area contributed by atoms with Crippen molar-refractivity contribution in [3.63, 3.8) is 0 Å². The van der Waals surface area contributed by atoms with Gasteiger partial charge < -0.3 is 15.1 Å². The van der Waals surface area contributed by atoms with E-state index in [4.69, 9.17) is 12.2 Å². The summed E-state index contributed by atoms with van der Waals surface area (Å²) in [4.78, 5) is 4.44. The molecule has 0 aromatic heterocycles. The standard InChI is InChI=1S/C11H25N3S/c1-6-12-11(15)14(9-10(2)3)8-7-13(4)5/h10H,6-9H2,1-5H3,(H,12,15). The molecule has 0 aliphatic rings. The Morgan fingerprint density at radius 1 is 1.27 bits per heavy atom. The first-order valence-electron chi connectivity index (χ1n) is 5.64. The number of thiocarbonyl (C=S) groups is 1. The van der Waals surface area contributed by atoms with Crippen LogP contribution in [0.5, 0.6) is 0 Å². The van der Waals surface area contributed by atoms with Gasteiger partial charge >= 0.3 is 0 Å². The van der Waals surface area contributed by atoms with E-state index in [-0.39, 0.29) is 0 Å². The summed E-state index contributed by atoms with van der Waals surface area (Å²) in [5.74, 6) is 0.642. The zero-order chi connectivity index (χ0) is 11.8. The highest BCUT2D eigenvalue weighted by molar-refractivity contribution is 7.80. The lowest BCUT2D eigenvalue weighted by molar-refractivity contribution is 0.305. The molecule has 15 heavy (non-hydrogen) atoms. The van der Waals surface area contributed by atoms with Gasteiger partial charge in [0.25, 0.3) is 0 Å². The molecule has 0 atom stereocenters. The minimum Gasteiger partial charge on any atom is -0.363 e. The summed E-state index contributed by atoms with van der Waals surface area (Å²) in [5, 5.41) is 4.10. The van der Waals surface area contributed by atoms with Gasteiger partial charge in [-0.25, -0.2) is 0 Å². The monoisotopic (exact) mass is 231 g/mol. The van der Waals surface area contributed by atoms with E-state index in [1.807, 2.05) is 0 Å². The van der Waals surface area contributed by atoms with Crippen LogP contribution in [0.25, 0.3) is 0 Å². The van der Waals surface area contributed by atoms with E-state index < -0.39 is 0 Å². The Morgan fingerprint density at radius 3 is 2.27 bits per heavy atom. The lowest BCUT2D eigenvalue weighted by Crippen LogP contribution is -2.44. The summed E-state index contributed by atoms with van der Waals surface area (Å²) in [5.41, 5.74) is 0. The van der Waals surface area contributed by atoms with Gasteiger partial charge in [0.1, 0.15) is 0 Å². The molecule has 90 valence electrons. The molecule has 0 amide bonds. The molecule has 0 fully saturated rings. The third-order valence-electron chi connectivity index (χ3n) is 2.02. The van der Waals surface area contributed by atoms with Gasteiger partial charge in [0.2, 0.25) is 0 Å². The lowest BCUT2D eigenvalue weighted by Gasteiger charge is -2.28. The van der Waals surface area contributed by atoms with Crippen LogP contribution in [-0.2, 0) is 0 Å². The number of nitrogens with one attached hydrogen (secondary N) is 1. The number of hydrogen-bond donors (Lipinski definition) is 1. The zero-order valence-electron chi connectivity index (χ0n) is 10.7. The number of hydrogen-bond acceptors (Lipinski definition) is 2. The lowest BCUT2D eigenvalue weighted by atomic mass is 10.2. The predicted octanol–water partition coefficient (Wildman–Crippen LogP) is 1.40. The van der Waals surface area contributed by atoms with E-state index >= 15 is 0 Å². The van der Waals surface area contributed by atoms with Gasteiger partial charge in [0.05, 0.1) is 0 Å². The molecule has 0 rings (SSSR count). The van der Waals surface area contributed by atoms with Gasteiger partial charge in [-0.2, -0.15) is 0 Å². The SMILES string of the molecule is CCNC(=S)N(CCN(C)C)CC(C)C. The van der Waals surface area contributed by atoms with Gasteiger partial charge in [0, 0.05) is 26.2 Å². The van der Waals surface area contributed by atoms with E-state index in [0.29, 0.717) is 5.92 Å². The molecule has 0 radical (unpaired) electrons. The van der Waals surface area contributed by atoms with Crippen LogP contribution >= 0.6 is 12.2 Å². The number of nitrogens with zero attached hydrogens (tertiary/aromatic N) is 2. The van der Waals surface area contributed by atoms with Crippen molar-refractivity contribution in [2.24, 2.45) is 5.92 Å². The molecule has 3 nitrogen and oxygen atoms in total. The van der Waals surface area contributed by atoms with Crippen molar-refractivity contribution >= 4 is 17.3 Å². The van der Waals surface area contributed by atoms with E-state index in [2.05, 4.69) is 50.0 Å². The Hall–Kier alpha value is -0.350. The van der Waals surface area contributed by atoms with E-state index in [1.54, 1.807) is 0 Å². The predicted molar refractivity (Wildman–Crippen MR) is 71.2 cm³/mol. The Bertz CT molecular complexity index is 181. The average Bonchev–Trinajstić information content (AvgIpc) is 2.11. The molecule has 0 heterocycles. The van der Waals surface area contributed by atoms with Crippen molar-refractivity contribution in [2.75, 3.05) is 40.3 Å². The van der Waals surface area contributed by atoms with Crippen LogP contribution in [0.3, 0.4) is 0 Å². The summed E-state index contributed by atoms with van der Waals surface area (Å²) < 4.78 is 0. The van der Waals surface area contributed by atoms with Gasteiger partial charge in [-0.05, 0) is 39.2 Å². The minimum absolute atomic E-state index is 0.642. The molecule has 0 aliphatic heterocycles. The summed E-state index contributed by atoms with van der Waals surface area (Å²) in [6, 6.07) is 0. The summed E-state index contributed by atoms with van der Waals surface area (Å²) >= 11 is 5.34. The maximum atomic E-state index is 5.34. The largest absolute Gasteiger partial charge is 0.363 e. The quantitative estimate of drug-likeness (QED) is 0.696. The van der Waals surface area contributed by atoms with Crippen LogP contribution < -0.4 is 5.32 Å². The topological polar surface area (TPSA) is 18.5 Å². The average molecular weight is 231 g/mol. The molecular weight excluding hydrogens is 206 g/mol. The van der Waals surface area contributed by atoms with Gasteiger partial charge in [-0.1, -0.05) is 13.8 Å². The molecule has 4 heteroatoms. The molecular formula is C11H25N3S. The van der Waals surface area contributed by atoms with Crippen molar-refractivity contribution in [1.82, 2.24) is 15.1 Å². The molecule has 0 spiro atoms. The smallest absolute Gasteiger partial charge is 0.168 e. The maximum Gasteiger partial charge on any atom is 0.168 e. The molecule has 0 aromatic carbocycles. The molecule has 0 saturated heterocycles. The Kier molecular flexibility index (Phi) is 7.70. The van der Waals surface area contributed by atoms with Crippen LogP contribution in [0.15, 0.2) is 0 Å².